The highest BCUT2D eigenvalue weighted by atomic mass is 19.1. The van der Waals surface area contributed by atoms with E-state index in [0.717, 1.165) is 12.1 Å². The molecule has 0 aliphatic rings. The van der Waals surface area contributed by atoms with Gasteiger partial charge in [-0.05, 0) is 25.1 Å². The molecule has 0 bridgehead atoms. The van der Waals surface area contributed by atoms with Crippen LogP contribution in [0.1, 0.15) is 17.3 Å². The molecule has 0 heterocycles. The van der Waals surface area contributed by atoms with Crippen molar-refractivity contribution < 1.29 is 13.6 Å². The number of allylic oxidation sites excluding steroid dienone is 2. The van der Waals surface area contributed by atoms with Crippen molar-refractivity contribution in [1.29, 1.82) is 0 Å². The Hall–Kier alpha value is -1.97. The standard InChI is InChI=1S/C12H11F2NO/c1-3-8(4-2)15-12(16)11-9(13)6-5-7-10(11)14/h3-7H,1H2,2H3,(H,15,16). The average molecular weight is 223 g/mol. The number of halogens is 2. The van der Waals surface area contributed by atoms with E-state index in [-0.39, 0.29) is 0 Å². The topological polar surface area (TPSA) is 29.1 Å². The maximum atomic E-state index is 13.2. The van der Waals surface area contributed by atoms with Gasteiger partial charge in [0, 0.05) is 5.70 Å². The van der Waals surface area contributed by atoms with E-state index in [1.54, 1.807) is 13.0 Å². The SMILES string of the molecule is C=CC(=CC)NC(=O)c1c(F)cccc1F. The van der Waals surface area contributed by atoms with E-state index in [1.165, 1.54) is 12.1 Å². The maximum Gasteiger partial charge on any atom is 0.261 e. The summed E-state index contributed by atoms with van der Waals surface area (Å²) in [6, 6.07) is 3.26. The average Bonchev–Trinajstić information content (AvgIpc) is 2.25. The molecule has 16 heavy (non-hydrogen) atoms. The third-order valence-corrected chi connectivity index (χ3v) is 1.98. The molecule has 0 unspecified atom stereocenters. The van der Waals surface area contributed by atoms with Gasteiger partial charge in [-0.25, -0.2) is 8.78 Å². The Kier molecular flexibility index (Phi) is 3.94. The molecule has 1 N–H and O–H groups in total. The van der Waals surface area contributed by atoms with Gasteiger partial charge in [-0.3, -0.25) is 4.79 Å². The van der Waals surface area contributed by atoms with Crippen LogP contribution in [0.25, 0.3) is 0 Å². The van der Waals surface area contributed by atoms with Gasteiger partial charge < -0.3 is 5.32 Å². The summed E-state index contributed by atoms with van der Waals surface area (Å²) >= 11 is 0. The molecule has 1 aromatic carbocycles. The van der Waals surface area contributed by atoms with Crippen LogP contribution in [-0.4, -0.2) is 5.91 Å². The summed E-state index contributed by atoms with van der Waals surface area (Å²) in [6.45, 7) is 5.13. The number of benzene rings is 1. The fourth-order valence-electron chi connectivity index (χ4n) is 1.15. The molecular formula is C12H11F2NO. The van der Waals surface area contributed by atoms with Crippen LogP contribution in [0.3, 0.4) is 0 Å². The summed E-state index contributed by atoms with van der Waals surface area (Å²) in [4.78, 5) is 11.5. The van der Waals surface area contributed by atoms with Crippen molar-refractivity contribution in [3.05, 3.63) is 59.8 Å². The molecule has 84 valence electrons. The van der Waals surface area contributed by atoms with Crippen molar-refractivity contribution in [3.63, 3.8) is 0 Å². The van der Waals surface area contributed by atoms with Crippen LogP contribution in [-0.2, 0) is 0 Å². The predicted molar refractivity (Wildman–Crippen MR) is 57.8 cm³/mol. The van der Waals surface area contributed by atoms with Crippen LogP contribution >= 0.6 is 0 Å². The summed E-state index contributed by atoms with van der Waals surface area (Å²) in [5.74, 6) is -2.61. The van der Waals surface area contributed by atoms with Crippen LogP contribution in [0.2, 0.25) is 0 Å². The lowest BCUT2D eigenvalue weighted by molar-refractivity contribution is 0.0959. The molecule has 0 radical (unpaired) electrons. The normalized spacial score (nSPS) is 11.1. The molecule has 2 nitrogen and oxygen atoms in total. The van der Waals surface area contributed by atoms with Gasteiger partial charge in [-0.2, -0.15) is 0 Å². The lowest BCUT2D eigenvalue weighted by Crippen LogP contribution is -2.24. The van der Waals surface area contributed by atoms with Gasteiger partial charge in [0.15, 0.2) is 0 Å². The first-order valence-electron chi connectivity index (χ1n) is 4.64. The first-order chi connectivity index (χ1) is 7.60. The van der Waals surface area contributed by atoms with Crippen molar-refractivity contribution in [2.45, 2.75) is 6.92 Å². The first kappa shape index (κ1) is 12.1. The van der Waals surface area contributed by atoms with Gasteiger partial charge in [0.1, 0.15) is 17.2 Å². The highest BCUT2D eigenvalue weighted by molar-refractivity contribution is 5.96. The number of rotatable bonds is 3. The predicted octanol–water partition coefficient (Wildman–Crippen LogP) is 2.78. The molecule has 1 amide bonds. The largest absolute Gasteiger partial charge is 0.322 e. The van der Waals surface area contributed by atoms with Gasteiger partial charge >= 0.3 is 0 Å². The Labute approximate surface area is 92.3 Å². The highest BCUT2D eigenvalue weighted by Gasteiger charge is 2.16. The van der Waals surface area contributed by atoms with Crippen LogP contribution in [0, 0.1) is 11.6 Å². The summed E-state index contributed by atoms with van der Waals surface area (Å²) in [5, 5.41) is 2.34. The first-order valence-corrected chi connectivity index (χ1v) is 4.64. The van der Waals surface area contributed by atoms with Crippen molar-refractivity contribution >= 4 is 5.91 Å². The fourth-order valence-corrected chi connectivity index (χ4v) is 1.15. The summed E-state index contributed by atoms with van der Waals surface area (Å²) in [7, 11) is 0. The zero-order valence-electron chi connectivity index (χ0n) is 8.76. The minimum atomic E-state index is -0.892. The van der Waals surface area contributed by atoms with Crippen LogP contribution in [0.5, 0.6) is 0 Å². The Morgan fingerprint density at radius 3 is 2.38 bits per heavy atom. The van der Waals surface area contributed by atoms with E-state index in [9.17, 15) is 13.6 Å². The van der Waals surface area contributed by atoms with Gasteiger partial charge in [0.2, 0.25) is 0 Å². The molecule has 1 aromatic rings. The number of amides is 1. The molecule has 0 aliphatic carbocycles. The van der Waals surface area contributed by atoms with Crippen LogP contribution in [0.4, 0.5) is 8.78 Å². The van der Waals surface area contributed by atoms with Gasteiger partial charge in [-0.1, -0.05) is 18.7 Å². The van der Waals surface area contributed by atoms with Crippen LogP contribution in [0.15, 0.2) is 42.6 Å². The Morgan fingerprint density at radius 2 is 1.94 bits per heavy atom. The van der Waals surface area contributed by atoms with Crippen molar-refractivity contribution in [1.82, 2.24) is 5.32 Å². The second kappa shape index (κ2) is 5.21. The molecule has 0 saturated carbocycles. The van der Waals surface area contributed by atoms with Gasteiger partial charge in [-0.15, -0.1) is 0 Å². The summed E-state index contributed by atoms with van der Waals surface area (Å²) < 4.78 is 26.4. The van der Waals surface area contributed by atoms with E-state index >= 15 is 0 Å². The number of nitrogens with one attached hydrogen (secondary N) is 1. The van der Waals surface area contributed by atoms with Crippen molar-refractivity contribution in [2.24, 2.45) is 0 Å². The molecular weight excluding hydrogens is 212 g/mol. The fraction of sp³-hybridized carbons (Fsp3) is 0.0833. The van der Waals surface area contributed by atoms with E-state index < -0.39 is 23.1 Å². The van der Waals surface area contributed by atoms with Crippen LogP contribution < -0.4 is 5.32 Å². The smallest absolute Gasteiger partial charge is 0.261 e. The highest BCUT2D eigenvalue weighted by Crippen LogP contribution is 2.12. The van der Waals surface area contributed by atoms with E-state index in [4.69, 9.17) is 0 Å². The molecule has 4 heteroatoms. The van der Waals surface area contributed by atoms with Gasteiger partial charge in [0.05, 0.1) is 0 Å². The van der Waals surface area contributed by atoms with Gasteiger partial charge in [0.25, 0.3) is 5.91 Å². The summed E-state index contributed by atoms with van der Waals surface area (Å²) in [5.41, 5.74) is -0.198. The lowest BCUT2D eigenvalue weighted by Gasteiger charge is -2.06. The number of hydrogen-bond acceptors (Lipinski definition) is 1. The molecule has 0 fully saturated rings. The number of hydrogen-bond donors (Lipinski definition) is 1. The molecule has 0 atom stereocenters. The molecule has 0 spiro atoms. The zero-order chi connectivity index (χ0) is 12.1. The quantitative estimate of drug-likeness (QED) is 0.784. The third kappa shape index (κ3) is 2.53. The minimum Gasteiger partial charge on any atom is -0.322 e. The van der Waals surface area contributed by atoms with E-state index in [1.807, 2.05) is 0 Å². The second-order valence-corrected chi connectivity index (χ2v) is 3.00. The zero-order valence-corrected chi connectivity index (χ0v) is 8.76. The number of carbonyl (C=O) groups excluding carboxylic acids is 1. The molecule has 1 rings (SSSR count). The van der Waals surface area contributed by atoms with Crippen molar-refractivity contribution in [2.75, 3.05) is 0 Å². The lowest BCUT2D eigenvalue weighted by atomic mass is 10.2. The van der Waals surface area contributed by atoms with E-state index in [0.29, 0.717) is 5.70 Å². The Bertz CT molecular complexity index is 432. The molecule has 0 aliphatic heterocycles. The third-order valence-electron chi connectivity index (χ3n) is 1.98. The minimum absolute atomic E-state index is 0.396. The summed E-state index contributed by atoms with van der Waals surface area (Å²) in [6.07, 6.45) is 2.96. The molecule has 0 saturated heterocycles. The molecule has 0 aromatic heterocycles. The second-order valence-electron chi connectivity index (χ2n) is 3.00. The number of carbonyl (C=O) groups is 1. The van der Waals surface area contributed by atoms with E-state index in [2.05, 4.69) is 11.9 Å². The maximum absolute atomic E-state index is 13.2. The Balaban J connectivity index is 3.02. The van der Waals surface area contributed by atoms with Crippen molar-refractivity contribution in [3.8, 4) is 0 Å². The monoisotopic (exact) mass is 223 g/mol. The Morgan fingerprint density at radius 1 is 1.38 bits per heavy atom.